The molecular formula is C14H23NaO4S. The zero-order valence-corrected chi connectivity index (χ0v) is 15.8. The van der Waals surface area contributed by atoms with Crippen LogP contribution in [0, 0.1) is 0 Å². The number of aliphatic hydroxyl groups excluding tert-OH is 1. The number of hydrogen-bond donors (Lipinski definition) is 1. The fourth-order valence-corrected chi connectivity index (χ4v) is 2.02. The Kier molecular flexibility index (Phi) is 12.0. The number of rotatable bonds is 7. The third-order valence-electron chi connectivity index (χ3n) is 2.66. The minimum Gasteiger partial charge on any atom is -0.746 e. The normalized spacial score (nSPS) is 14.5. The molecule has 4 nitrogen and oxygen atoms in total. The summed E-state index contributed by atoms with van der Waals surface area (Å²) in [6.07, 6.45) is 8.12. The molecule has 0 aromatic rings. The zero-order chi connectivity index (χ0) is 15.1. The van der Waals surface area contributed by atoms with Gasteiger partial charge >= 0.3 is 29.6 Å². The van der Waals surface area contributed by atoms with Crippen LogP contribution in [-0.4, -0.2) is 23.5 Å². The number of aliphatic hydroxyl groups is 1. The van der Waals surface area contributed by atoms with Crippen LogP contribution in [0.15, 0.2) is 34.9 Å². The summed E-state index contributed by atoms with van der Waals surface area (Å²) in [5.41, 5.74) is 0.712. The Balaban J connectivity index is 0. The fourth-order valence-electron chi connectivity index (χ4n) is 1.47. The predicted molar refractivity (Wildman–Crippen MR) is 76.5 cm³/mol. The Bertz CT molecular complexity index is 471. The van der Waals surface area contributed by atoms with Crippen LogP contribution in [0.25, 0.3) is 0 Å². The van der Waals surface area contributed by atoms with Crippen LogP contribution in [0.2, 0.25) is 0 Å². The molecule has 0 amide bonds. The molecule has 0 aliphatic carbocycles. The van der Waals surface area contributed by atoms with Crippen LogP contribution in [0.1, 0.15) is 47.0 Å². The van der Waals surface area contributed by atoms with Crippen LogP contribution in [0.3, 0.4) is 0 Å². The second-order valence-corrected chi connectivity index (χ2v) is 6.33. The van der Waals surface area contributed by atoms with Gasteiger partial charge < -0.3 is 9.66 Å². The van der Waals surface area contributed by atoms with Crippen molar-refractivity contribution >= 4 is 10.1 Å². The minimum atomic E-state index is -4.67. The van der Waals surface area contributed by atoms with Crippen molar-refractivity contribution in [1.29, 1.82) is 0 Å². The van der Waals surface area contributed by atoms with Crippen molar-refractivity contribution in [3.05, 3.63) is 34.9 Å². The van der Waals surface area contributed by atoms with Crippen molar-refractivity contribution in [3.8, 4) is 0 Å². The van der Waals surface area contributed by atoms with Gasteiger partial charge in [0.05, 0.1) is 0 Å². The smallest absolute Gasteiger partial charge is 0.746 e. The maximum Gasteiger partial charge on any atom is 1.00 e. The summed E-state index contributed by atoms with van der Waals surface area (Å²) >= 11 is 0. The van der Waals surface area contributed by atoms with Gasteiger partial charge in [-0.3, -0.25) is 0 Å². The molecule has 6 heteroatoms. The van der Waals surface area contributed by atoms with Crippen LogP contribution in [0.4, 0.5) is 0 Å². The van der Waals surface area contributed by atoms with Crippen molar-refractivity contribution in [2.75, 3.05) is 0 Å². The van der Waals surface area contributed by atoms with Gasteiger partial charge in [-0.2, -0.15) is 0 Å². The molecular weight excluding hydrogens is 287 g/mol. The van der Waals surface area contributed by atoms with E-state index in [4.69, 9.17) is 0 Å². The fraction of sp³-hybridized carbons (Fsp3) is 0.571. The molecule has 20 heavy (non-hydrogen) atoms. The van der Waals surface area contributed by atoms with E-state index in [1.54, 1.807) is 6.08 Å². The van der Waals surface area contributed by atoms with Gasteiger partial charge in [0, 0.05) is 0 Å². The van der Waals surface area contributed by atoms with E-state index in [0.717, 1.165) is 12.8 Å². The molecule has 0 aromatic carbocycles. The quantitative estimate of drug-likeness (QED) is 0.404. The Morgan fingerprint density at radius 1 is 1.15 bits per heavy atom. The molecule has 0 saturated carbocycles. The second kappa shape index (κ2) is 10.8. The number of allylic oxidation sites excluding steroid dienone is 5. The van der Waals surface area contributed by atoms with Gasteiger partial charge in [-0.15, -0.1) is 0 Å². The summed E-state index contributed by atoms with van der Waals surface area (Å²) in [4.78, 5) is 0. The zero-order valence-electron chi connectivity index (χ0n) is 13.0. The topological polar surface area (TPSA) is 77.4 Å². The van der Waals surface area contributed by atoms with Crippen molar-refractivity contribution in [3.63, 3.8) is 0 Å². The monoisotopic (exact) mass is 310 g/mol. The first-order chi connectivity index (χ1) is 8.64. The molecule has 0 aliphatic heterocycles. The van der Waals surface area contributed by atoms with E-state index in [1.165, 1.54) is 18.1 Å². The van der Waals surface area contributed by atoms with Gasteiger partial charge in [0.25, 0.3) is 0 Å². The second-order valence-electron chi connectivity index (χ2n) is 4.90. The predicted octanol–water partition coefficient (Wildman–Crippen LogP) is -0.117. The Hall–Kier alpha value is 0.0900. The third-order valence-corrected chi connectivity index (χ3v) is 3.58. The maximum absolute atomic E-state index is 10.6. The SMILES string of the molecule is CC(C)=CCC/C(C)=C/C/C=C(\C)C(O)S(=O)(=O)[O-].[Na+]. The van der Waals surface area contributed by atoms with Crippen molar-refractivity contribution in [1.82, 2.24) is 0 Å². The molecule has 1 N–H and O–H groups in total. The van der Waals surface area contributed by atoms with E-state index in [2.05, 4.69) is 19.9 Å². The van der Waals surface area contributed by atoms with Crippen LogP contribution < -0.4 is 29.6 Å². The summed E-state index contributed by atoms with van der Waals surface area (Å²) in [6.45, 7) is 7.54. The molecule has 0 heterocycles. The molecule has 0 fully saturated rings. The van der Waals surface area contributed by atoms with Gasteiger partial charge in [0.1, 0.15) is 10.1 Å². The Morgan fingerprint density at radius 3 is 2.15 bits per heavy atom. The molecule has 110 valence electrons. The molecule has 0 aromatic heterocycles. The Morgan fingerprint density at radius 2 is 1.70 bits per heavy atom. The number of hydrogen-bond acceptors (Lipinski definition) is 4. The summed E-state index contributed by atoms with van der Waals surface area (Å²) in [5, 5.41) is 9.22. The average Bonchev–Trinajstić information content (AvgIpc) is 2.26. The van der Waals surface area contributed by atoms with Gasteiger partial charge in [-0.1, -0.05) is 29.4 Å². The standard InChI is InChI=1S/C14H24O4S.Na/c1-11(2)7-5-8-12(3)9-6-10-13(4)14(15)19(16,17)18;/h7,9-10,14-15H,5-6,8H2,1-4H3,(H,16,17,18);/q;+1/p-1/b12-9+,13-10+;. The molecule has 0 bridgehead atoms. The van der Waals surface area contributed by atoms with Crippen LogP contribution in [0.5, 0.6) is 0 Å². The molecule has 0 radical (unpaired) electrons. The summed E-state index contributed by atoms with van der Waals surface area (Å²) in [7, 11) is -4.67. The molecule has 0 aliphatic rings. The van der Waals surface area contributed by atoms with E-state index >= 15 is 0 Å². The summed E-state index contributed by atoms with van der Waals surface area (Å²) in [6, 6.07) is 0. The van der Waals surface area contributed by atoms with E-state index in [0.29, 0.717) is 6.42 Å². The van der Waals surface area contributed by atoms with Gasteiger partial charge in [0.2, 0.25) is 0 Å². The van der Waals surface area contributed by atoms with E-state index < -0.39 is 15.6 Å². The summed E-state index contributed by atoms with van der Waals surface area (Å²) in [5.74, 6) is 0. The first kappa shape index (κ1) is 22.4. The minimum absolute atomic E-state index is 0. The molecule has 1 unspecified atom stereocenters. The molecule has 0 spiro atoms. The van der Waals surface area contributed by atoms with E-state index in [9.17, 15) is 18.1 Å². The molecule has 1 atom stereocenters. The largest absolute Gasteiger partial charge is 1.00 e. The summed E-state index contributed by atoms with van der Waals surface area (Å²) < 4.78 is 31.8. The molecule has 0 saturated heterocycles. The van der Waals surface area contributed by atoms with E-state index in [-0.39, 0.29) is 35.1 Å². The first-order valence-corrected chi connectivity index (χ1v) is 7.70. The van der Waals surface area contributed by atoms with Crippen molar-refractivity contribution in [2.24, 2.45) is 0 Å². The van der Waals surface area contributed by atoms with Crippen molar-refractivity contribution < 1.29 is 47.6 Å². The Labute approximate surface area is 144 Å². The maximum atomic E-state index is 10.6. The van der Waals surface area contributed by atoms with Crippen LogP contribution in [-0.2, 0) is 10.1 Å². The third kappa shape index (κ3) is 10.8. The molecule has 0 rings (SSSR count). The van der Waals surface area contributed by atoms with Gasteiger partial charge in [0.15, 0.2) is 5.44 Å². The van der Waals surface area contributed by atoms with Gasteiger partial charge in [-0.25, -0.2) is 8.42 Å². The first-order valence-electron chi connectivity index (χ1n) is 6.23. The van der Waals surface area contributed by atoms with Crippen molar-refractivity contribution in [2.45, 2.75) is 52.4 Å². The average molecular weight is 310 g/mol. The van der Waals surface area contributed by atoms with Gasteiger partial charge in [-0.05, 0) is 52.5 Å². The van der Waals surface area contributed by atoms with Crippen LogP contribution >= 0.6 is 0 Å². The van der Waals surface area contributed by atoms with E-state index in [1.807, 2.05) is 13.0 Å².